The van der Waals surface area contributed by atoms with Crippen molar-refractivity contribution in [3.63, 3.8) is 0 Å². The Morgan fingerprint density at radius 1 is 1.00 bits per heavy atom. The molecule has 1 atom stereocenters. The van der Waals surface area contributed by atoms with Crippen LogP contribution in [0.4, 0.5) is 0 Å². The van der Waals surface area contributed by atoms with Gasteiger partial charge in [-0.25, -0.2) is 0 Å². The summed E-state index contributed by atoms with van der Waals surface area (Å²) in [7, 11) is 0. The summed E-state index contributed by atoms with van der Waals surface area (Å²) in [6, 6.07) is 0. The lowest BCUT2D eigenvalue weighted by molar-refractivity contribution is 0.123. The summed E-state index contributed by atoms with van der Waals surface area (Å²) >= 11 is 0. The Balaban J connectivity index is 2.00. The smallest absolute Gasteiger partial charge is 0.00202 e. The SMILES string of the molecule is CC(C)C1(C)CCCC2(CC1)CNC2. The van der Waals surface area contributed by atoms with E-state index in [0.717, 1.165) is 5.92 Å². The van der Waals surface area contributed by atoms with Crippen LogP contribution in [0.3, 0.4) is 0 Å². The van der Waals surface area contributed by atoms with Gasteiger partial charge in [0.1, 0.15) is 0 Å². The summed E-state index contributed by atoms with van der Waals surface area (Å²) in [5.74, 6) is 0.852. The molecule has 0 radical (unpaired) electrons. The number of rotatable bonds is 1. The largest absolute Gasteiger partial charge is 0.316 e. The summed E-state index contributed by atoms with van der Waals surface area (Å²) in [5.41, 5.74) is 1.34. The van der Waals surface area contributed by atoms with Crippen LogP contribution in [-0.2, 0) is 0 Å². The van der Waals surface area contributed by atoms with E-state index in [4.69, 9.17) is 0 Å². The highest BCUT2D eigenvalue weighted by Crippen LogP contribution is 2.47. The Bertz CT molecular complexity index is 205. The summed E-state index contributed by atoms with van der Waals surface area (Å²) < 4.78 is 0. The van der Waals surface area contributed by atoms with Gasteiger partial charge in [0, 0.05) is 13.1 Å². The van der Waals surface area contributed by atoms with E-state index in [1.54, 1.807) is 0 Å². The monoisotopic (exact) mass is 195 g/mol. The Hall–Kier alpha value is -0.0400. The van der Waals surface area contributed by atoms with Crippen LogP contribution in [0.15, 0.2) is 0 Å². The van der Waals surface area contributed by atoms with Crippen LogP contribution in [0.25, 0.3) is 0 Å². The third-order valence-corrected chi connectivity index (χ3v) is 5.08. The minimum absolute atomic E-state index is 0.624. The molecule has 0 aromatic carbocycles. The van der Waals surface area contributed by atoms with E-state index in [2.05, 4.69) is 26.1 Å². The maximum atomic E-state index is 3.46. The Morgan fingerprint density at radius 3 is 2.21 bits per heavy atom. The molecule has 2 aliphatic rings. The van der Waals surface area contributed by atoms with Gasteiger partial charge in [0.05, 0.1) is 0 Å². The standard InChI is InChI=1S/C13H25N/c1-11(2)12(3)5-4-6-13(8-7-12)9-14-10-13/h11,14H,4-10H2,1-3H3. The molecule has 2 fully saturated rings. The molecule has 0 bridgehead atoms. The minimum atomic E-state index is 0.624. The van der Waals surface area contributed by atoms with Gasteiger partial charge in [0.15, 0.2) is 0 Å². The van der Waals surface area contributed by atoms with Gasteiger partial charge in [-0.2, -0.15) is 0 Å². The normalized spacial score (nSPS) is 36.9. The van der Waals surface area contributed by atoms with Crippen LogP contribution >= 0.6 is 0 Å². The summed E-state index contributed by atoms with van der Waals surface area (Å²) in [6.45, 7) is 9.89. The quantitative estimate of drug-likeness (QED) is 0.677. The van der Waals surface area contributed by atoms with Crippen molar-refractivity contribution in [3.8, 4) is 0 Å². The molecule has 1 heteroatoms. The zero-order valence-corrected chi connectivity index (χ0v) is 10.0. The van der Waals surface area contributed by atoms with Crippen molar-refractivity contribution in [1.29, 1.82) is 0 Å². The van der Waals surface area contributed by atoms with Gasteiger partial charge >= 0.3 is 0 Å². The highest BCUT2D eigenvalue weighted by atomic mass is 15.0. The predicted octanol–water partition coefficient (Wildman–Crippen LogP) is 3.20. The highest BCUT2D eigenvalue weighted by Gasteiger charge is 2.41. The van der Waals surface area contributed by atoms with Crippen molar-refractivity contribution in [2.45, 2.75) is 52.9 Å². The molecule has 82 valence electrons. The molecule has 1 aliphatic heterocycles. The van der Waals surface area contributed by atoms with Crippen LogP contribution in [-0.4, -0.2) is 13.1 Å². The van der Waals surface area contributed by atoms with E-state index in [1.807, 2.05) is 0 Å². The third-order valence-electron chi connectivity index (χ3n) is 5.08. The summed E-state index contributed by atoms with van der Waals surface area (Å²) in [6.07, 6.45) is 7.30. The lowest BCUT2D eigenvalue weighted by atomic mass is 9.71. The zero-order valence-electron chi connectivity index (χ0n) is 10.0. The van der Waals surface area contributed by atoms with E-state index in [1.165, 1.54) is 45.2 Å². The molecule has 0 amide bonds. The number of hydrogen-bond donors (Lipinski definition) is 1. The average Bonchev–Trinajstić information content (AvgIpc) is 2.24. The molecule has 1 N–H and O–H groups in total. The zero-order chi connectivity index (χ0) is 10.2. The Labute approximate surface area is 88.7 Å². The van der Waals surface area contributed by atoms with Gasteiger partial charge in [-0.15, -0.1) is 0 Å². The summed E-state index contributed by atoms with van der Waals surface area (Å²) in [5, 5.41) is 3.46. The van der Waals surface area contributed by atoms with E-state index in [-0.39, 0.29) is 0 Å². The average molecular weight is 195 g/mol. The first-order valence-corrected chi connectivity index (χ1v) is 6.27. The van der Waals surface area contributed by atoms with Gasteiger partial charge in [0.2, 0.25) is 0 Å². The molecule has 1 unspecified atom stereocenters. The van der Waals surface area contributed by atoms with E-state index in [9.17, 15) is 0 Å². The molecule has 14 heavy (non-hydrogen) atoms. The highest BCUT2D eigenvalue weighted by molar-refractivity contribution is 4.96. The van der Waals surface area contributed by atoms with Crippen LogP contribution in [0.5, 0.6) is 0 Å². The third kappa shape index (κ3) is 1.71. The van der Waals surface area contributed by atoms with Gasteiger partial charge < -0.3 is 5.32 Å². The predicted molar refractivity (Wildman–Crippen MR) is 61.3 cm³/mol. The number of nitrogens with one attached hydrogen (secondary N) is 1. The second-order valence-corrected chi connectivity index (χ2v) is 6.27. The fourth-order valence-electron chi connectivity index (χ4n) is 3.08. The topological polar surface area (TPSA) is 12.0 Å². The second kappa shape index (κ2) is 3.52. The first kappa shape index (κ1) is 10.5. The number of hydrogen-bond acceptors (Lipinski definition) is 1. The lowest BCUT2D eigenvalue weighted by Gasteiger charge is -2.43. The van der Waals surface area contributed by atoms with Crippen molar-refractivity contribution >= 4 is 0 Å². The second-order valence-electron chi connectivity index (χ2n) is 6.27. The molecule has 1 saturated carbocycles. The Kier molecular flexibility index (Phi) is 2.63. The molecule has 1 nitrogen and oxygen atoms in total. The van der Waals surface area contributed by atoms with Crippen molar-refractivity contribution in [2.24, 2.45) is 16.7 Å². The molecule has 2 rings (SSSR count). The Morgan fingerprint density at radius 2 is 1.71 bits per heavy atom. The van der Waals surface area contributed by atoms with E-state index < -0.39 is 0 Å². The molecular weight excluding hydrogens is 170 g/mol. The van der Waals surface area contributed by atoms with E-state index >= 15 is 0 Å². The minimum Gasteiger partial charge on any atom is -0.316 e. The van der Waals surface area contributed by atoms with Crippen molar-refractivity contribution in [3.05, 3.63) is 0 Å². The summed E-state index contributed by atoms with van der Waals surface area (Å²) in [4.78, 5) is 0. The molecule has 1 spiro atoms. The van der Waals surface area contributed by atoms with Crippen LogP contribution in [0.1, 0.15) is 52.9 Å². The lowest BCUT2D eigenvalue weighted by Crippen LogP contribution is -2.53. The van der Waals surface area contributed by atoms with Gasteiger partial charge in [0.25, 0.3) is 0 Å². The molecule has 1 aliphatic carbocycles. The fourth-order valence-corrected chi connectivity index (χ4v) is 3.08. The van der Waals surface area contributed by atoms with Crippen LogP contribution in [0, 0.1) is 16.7 Å². The first-order chi connectivity index (χ1) is 6.56. The molecule has 1 saturated heterocycles. The van der Waals surface area contributed by atoms with Crippen molar-refractivity contribution in [1.82, 2.24) is 5.32 Å². The maximum Gasteiger partial charge on any atom is 0.00202 e. The van der Waals surface area contributed by atoms with Crippen LogP contribution < -0.4 is 5.32 Å². The first-order valence-electron chi connectivity index (χ1n) is 6.27. The van der Waals surface area contributed by atoms with Gasteiger partial charge in [-0.05, 0) is 42.4 Å². The fraction of sp³-hybridized carbons (Fsp3) is 1.00. The molecule has 0 aromatic heterocycles. The van der Waals surface area contributed by atoms with Crippen molar-refractivity contribution in [2.75, 3.05) is 13.1 Å². The maximum absolute atomic E-state index is 3.46. The van der Waals surface area contributed by atoms with E-state index in [0.29, 0.717) is 10.8 Å². The van der Waals surface area contributed by atoms with Crippen molar-refractivity contribution < 1.29 is 0 Å². The molecule has 1 heterocycles. The molecule has 0 aromatic rings. The van der Waals surface area contributed by atoms with Crippen LogP contribution in [0.2, 0.25) is 0 Å². The van der Waals surface area contributed by atoms with Gasteiger partial charge in [-0.3, -0.25) is 0 Å². The molecular formula is C13H25N. The van der Waals surface area contributed by atoms with Gasteiger partial charge in [-0.1, -0.05) is 27.2 Å².